The monoisotopic (exact) mass is 184 g/mol. The first-order valence-corrected chi connectivity index (χ1v) is 4.87. The molecular weight excluding hydrogens is 168 g/mol. The highest BCUT2D eigenvalue weighted by Gasteiger charge is 2.49. The fourth-order valence-electron chi connectivity index (χ4n) is 2.98. The minimum Gasteiger partial charge on any atom is -0.469 e. The molecule has 4 atom stereocenters. The van der Waals surface area contributed by atoms with Gasteiger partial charge in [-0.05, 0) is 31.1 Å². The Balaban J connectivity index is 2.05. The minimum atomic E-state index is -0.0470. The van der Waals surface area contributed by atoms with Crippen molar-refractivity contribution < 1.29 is 14.3 Å². The minimum absolute atomic E-state index is 0.0470. The fraction of sp³-hybridized carbons (Fsp3) is 0.900. The summed E-state index contributed by atoms with van der Waals surface area (Å²) in [5, 5.41) is 0. The molecule has 2 aliphatic carbocycles. The number of carbonyl (C=O) groups is 1. The van der Waals surface area contributed by atoms with Crippen LogP contribution in [0.15, 0.2) is 0 Å². The van der Waals surface area contributed by atoms with E-state index in [2.05, 4.69) is 0 Å². The predicted molar refractivity (Wildman–Crippen MR) is 47.1 cm³/mol. The predicted octanol–water partition coefficient (Wildman–Crippen LogP) is 1.22. The number of fused-ring (bicyclic) bond motifs is 2. The largest absolute Gasteiger partial charge is 0.469 e. The van der Waals surface area contributed by atoms with Gasteiger partial charge in [0, 0.05) is 7.11 Å². The zero-order chi connectivity index (χ0) is 9.42. The summed E-state index contributed by atoms with van der Waals surface area (Å²) in [5.74, 6) is 1.17. The van der Waals surface area contributed by atoms with E-state index in [1.54, 1.807) is 7.11 Å². The van der Waals surface area contributed by atoms with Crippen LogP contribution in [0.2, 0.25) is 0 Å². The third-order valence-electron chi connectivity index (χ3n) is 3.56. The standard InChI is InChI=1S/C10H16O3/c1-12-9-5-6-3-7(9)8(4-6)10(11)13-2/h6-9H,3-5H2,1-2H3. The first kappa shape index (κ1) is 9.00. The van der Waals surface area contributed by atoms with Crippen LogP contribution >= 0.6 is 0 Å². The van der Waals surface area contributed by atoms with Gasteiger partial charge in [0.05, 0.1) is 19.1 Å². The van der Waals surface area contributed by atoms with E-state index in [1.165, 1.54) is 7.11 Å². The summed E-state index contributed by atoms with van der Waals surface area (Å²) < 4.78 is 10.1. The van der Waals surface area contributed by atoms with Crippen molar-refractivity contribution in [3.63, 3.8) is 0 Å². The number of rotatable bonds is 2. The van der Waals surface area contributed by atoms with Crippen molar-refractivity contribution >= 4 is 5.97 Å². The Hall–Kier alpha value is -0.570. The second kappa shape index (κ2) is 3.29. The SMILES string of the molecule is COC(=O)C1CC2CC(OC)C1C2. The van der Waals surface area contributed by atoms with Crippen LogP contribution in [0.25, 0.3) is 0 Å². The molecule has 0 spiro atoms. The van der Waals surface area contributed by atoms with Crippen LogP contribution in [0, 0.1) is 17.8 Å². The van der Waals surface area contributed by atoms with E-state index in [-0.39, 0.29) is 11.9 Å². The van der Waals surface area contributed by atoms with Gasteiger partial charge in [0.15, 0.2) is 0 Å². The van der Waals surface area contributed by atoms with Crippen molar-refractivity contribution in [3.05, 3.63) is 0 Å². The molecule has 2 bridgehead atoms. The quantitative estimate of drug-likeness (QED) is 0.605. The number of carbonyl (C=O) groups excluding carboxylic acids is 1. The normalized spacial score (nSPS) is 42.3. The molecule has 74 valence electrons. The molecule has 0 aliphatic heterocycles. The topological polar surface area (TPSA) is 35.5 Å². The summed E-state index contributed by atoms with van der Waals surface area (Å²) in [6, 6.07) is 0. The number of esters is 1. The Bertz CT molecular complexity index is 214. The summed E-state index contributed by atoms with van der Waals surface area (Å²) in [7, 11) is 3.20. The lowest BCUT2D eigenvalue weighted by Gasteiger charge is -2.26. The van der Waals surface area contributed by atoms with Crippen LogP contribution in [-0.4, -0.2) is 26.3 Å². The van der Waals surface area contributed by atoms with Crippen LogP contribution in [0.5, 0.6) is 0 Å². The molecule has 0 aromatic rings. The van der Waals surface area contributed by atoms with Crippen LogP contribution < -0.4 is 0 Å². The van der Waals surface area contributed by atoms with Gasteiger partial charge < -0.3 is 9.47 Å². The molecule has 2 saturated carbocycles. The van der Waals surface area contributed by atoms with Gasteiger partial charge in [-0.15, -0.1) is 0 Å². The third-order valence-corrected chi connectivity index (χ3v) is 3.56. The molecule has 0 aromatic heterocycles. The first-order chi connectivity index (χ1) is 6.26. The zero-order valence-electron chi connectivity index (χ0n) is 8.16. The highest BCUT2D eigenvalue weighted by molar-refractivity contribution is 5.73. The Morgan fingerprint density at radius 3 is 2.54 bits per heavy atom. The number of methoxy groups -OCH3 is 2. The van der Waals surface area contributed by atoms with Crippen molar-refractivity contribution in [1.29, 1.82) is 0 Å². The van der Waals surface area contributed by atoms with Crippen LogP contribution in [0.3, 0.4) is 0 Å². The van der Waals surface area contributed by atoms with E-state index >= 15 is 0 Å². The second-order valence-electron chi connectivity index (χ2n) is 4.14. The van der Waals surface area contributed by atoms with Gasteiger partial charge in [-0.1, -0.05) is 0 Å². The average molecular weight is 184 g/mol. The van der Waals surface area contributed by atoms with Crippen LogP contribution in [-0.2, 0) is 14.3 Å². The van der Waals surface area contributed by atoms with Crippen LogP contribution in [0.1, 0.15) is 19.3 Å². The van der Waals surface area contributed by atoms with Crippen molar-refractivity contribution in [2.24, 2.45) is 17.8 Å². The van der Waals surface area contributed by atoms with Gasteiger partial charge in [-0.2, -0.15) is 0 Å². The molecule has 3 heteroatoms. The number of hydrogen-bond donors (Lipinski definition) is 0. The highest BCUT2D eigenvalue weighted by atomic mass is 16.5. The summed E-state index contributed by atoms with van der Waals surface area (Å²) in [4.78, 5) is 11.4. The van der Waals surface area contributed by atoms with E-state index in [9.17, 15) is 4.79 Å². The Morgan fingerprint density at radius 1 is 1.23 bits per heavy atom. The molecule has 0 radical (unpaired) electrons. The van der Waals surface area contributed by atoms with Crippen molar-refractivity contribution in [3.8, 4) is 0 Å². The highest BCUT2D eigenvalue weighted by Crippen LogP contribution is 2.49. The second-order valence-corrected chi connectivity index (χ2v) is 4.14. The van der Waals surface area contributed by atoms with Crippen molar-refractivity contribution in [1.82, 2.24) is 0 Å². The molecule has 0 N–H and O–H groups in total. The maximum atomic E-state index is 11.4. The summed E-state index contributed by atoms with van der Waals surface area (Å²) in [5.41, 5.74) is 0. The van der Waals surface area contributed by atoms with Gasteiger partial charge in [0.25, 0.3) is 0 Å². The number of ether oxygens (including phenoxy) is 2. The maximum Gasteiger partial charge on any atom is 0.309 e. The van der Waals surface area contributed by atoms with Gasteiger partial charge in [0.2, 0.25) is 0 Å². The molecule has 13 heavy (non-hydrogen) atoms. The molecule has 0 heterocycles. The number of hydrogen-bond acceptors (Lipinski definition) is 3. The van der Waals surface area contributed by atoms with Gasteiger partial charge in [-0.25, -0.2) is 0 Å². The molecular formula is C10H16O3. The Kier molecular flexibility index (Phi) is 2.28. The van der Waals surface area contributed by atoms with Crippen molar-refractivity contribution in [2.75, 3.05) is 14.2 Å². The third kappa shape index (κ3) is 1.35. The maximum absolute atomic E-state index is 11.4. The molecule has 2 fully saturated rings. The molecule has 0 aromatic carbocycles. The first-order valence-electron chi connectivity index (χ1n) is 4.87. The van der Waals surface area contributed by atoms with Crippen molar-refractivity contribution in [2.45, 2.75) is 25.4 Å². The lowest BCUT2D eigenvalue weighted by atomic mass is 9.87. The molecule has 4 unspecified atom stereocenters. The van der Waals surface area contributed by atoms with Gasteiger partial charge >= 0.3 is 5.97 Å². The smallest absolute Gasteiger partial charge is 0.309 e. The van der Waals surface area contributed by atoms with Gasteiger partial charge in [0.1, 0.15) is 0 Å². The molecule has 0 amide bonds. The van der Waals surface area contributed by atoms with Gasteiger partial charge in [-0.3, -0.25) is 4.79 Å². The van der Waals surface area contributed by atoms with Crippen LogP contribution in [0.4, 0.5) is 0 Å². The molecule has 2 rings (SSSR count). The fourth-order valence-corrected chi connectivity index (χ4v) is 2.98. The van der Waals surface area contributed by atoms with E-state index in [0.717, 1.165) is 19.3 Å². The summed E-state index contributed by atoms with van der Waals surface area (Å²) >= 11 is 0. The summed E-state index contributed by atoms with van der Waals surface area (Å²) in [6.07, 6.45) is 3.59. The van der Waals surface area contributed by atoms with E-state index in [4.69, 9.17) is 9.47 Å². The molecule has 0 saturated heterocycles. The van der Waals surface area contributed by atoms with E-state index in [0.29, 0.717) is 17.9 Å². The average Bonchev–Trinajstić information content (AvgIpc) is 2.74. The van der Waals surface area contributed by atoms with E-state index in [1.807, 2.05) is 0 Å². The Morgan fingerprint density at radius 2 is 2.00 bits per heavy atom. The molecule has 2 aliphatic rings. The Labute approximate surface area is 78.4 Å². The summed E-state index contributed by atoms with van der Waals surface area (Å²) in [6.45, 7) is 0. The lowest BCUT2D eigenvalue weighted by Crippen LogP contribution is -2.31. The lowest BCUT2D eigenvalue weighted by molar-refractivity contribution is -0.149. The molecule has 3 nitrogen and oxygen atoms in total. The zero-order valence-corrected chi connectivity index (χ0v) is 8.16. The van der Waals surface area contributed by atoms with E-state index < -0.39 is 0 Å².